The van der Waals surface area contributed by atoms with Gasteiger partial charge in [0.25, 0.3) is 0 Å². The van der Waals surface area contributed by atoms with Gasteiger partial charge in [0.15, 0.2) is 0 Å². The second kappa shape index (κ2) is 21.4. The average molecular weight is 323 g/mol. The van der Waals surface area contributed by atoms with Crippen LogP contribution in [0.5, 0.6) is 0 Å². The van der Waals surface area contributed by atoms with Crippen molar-refractivity contribution in [3.05, 3.63) is 12.2 Å². The molecular formula is C22H42O. The van der Waals surface area contributed by atoms with Crippen LogP contribution < -0.4 is 0 Å². The Labute approximate surface area is 146 Å². The van der Waals surface area contributed by atoms with E-state index in [0.717, 1.165) is 12.7 Å². The summed E-state index contributed by atoms with van der Waals surface area (Å²) in [4.78, 5) is 10.1. The van der Waals surface area contributed by atoms with E-state index < -0.39 is 0 Å². The first-order chi connectivity index (χ1) is 11.4. The van der Waals surface area contributed by atoms with Crippen LogP contribution in [0.15, 0.2) is 12.2 Å². The zero-order valence-electron chi connectivity index (χ0n) is 15.9. The molecule has 0 aliphatic rings. The van der Waals surface area contributed by atoms with Gasteiger partial charge in [-0.3, -0.25) is 0 Å². The highest BCUT2D eigenvalue weighted by Crippen LogP contribution is 2.14. The number of allylic oxidation sites excluding steroid dienone is 2. The molecule has 0 aromatic carbocycles. The Morgan fingerprint density at radius 2 is 0.913 bits per heavy atom. The third-order valence-corrected chi connectivity index (χ3v) is 4.62. The second-order valence-corrected chi connectivity index (χ2v) is 6.97. The van der Waals surface area contributed by atoms with E-state index in [-0.39, 0.29) is 0 Å². The number of unbranched alkanes of at least 4 members (excludes halogenated alkanes) is 16. The van der Waals surface area contributed by atoms with Gasteiger partial charge < -0.3 is 4.79 Å². The molecule has 0 aromatic rings. The molecule has 0 saturated carbocycles. The number of carbonyl (C=O) groups is 1. The molecule has 0 bridgehead atoms. The molecular weight excluding hydrogens is 280 g/mol. The van der Waals surface area contributed by atoms with Crippen molar-refractivity contribution in [2.24, 2.45) is 0 Å². The van der Waals surface area contributed by atoms with Gasteiger partial charge in [0, 0.05) is 6.42 Å². The van der Waals surface area contributed by atoms with E-state index >= 15 is 0 Å². The number of hydrogen-bond acceptors (Lipinski definition) is 1. The van der Waals surface area contributed by atoms with Crippen molar-refractivity contribution in [1.82, 2.24) is 0 Å². The van der Waals surface area contributed by atoms with Gasteiger partial charge in [-0.05, 0) is 12.8 Å². The summed E-state index contributed by atoms with van der Waals surface area (Å²) in [5.74, 6) is 0. The number of rotatable bonds is 19. The normalized spacial score (nSPS) is 11.3. The predicted octanol–water partition coefficient (Wildman–Crippen LogP) is 7.78. The van der Waals surface area contributed by atoms with Crippen molar-refractivity contribution in [2.45, 2.75) is 122 Å². The molecule has 0 unspecified atom stereocenters. The highest BCUT2D eigenvalue weighted by Gasteiger charge is 1.94. The van der Waals surface area contributed by atoms with E-state index in [0.29, 0.717) is 6.42 Å². The standard InChI is InChI=1S/C22H42O/c1-2-3-4-5-6-7-8-9-10-11-12-13-14-15-16-17-18-19-20-21-22-23/h19-20,22H,2-18,21H2,1H3/b20-19+. The molecule has 136 valence electrons. The predicted molar refractivity (Wildman–Crippen MR) is 104 cm³/mol. The monoisotopic (exact) mass is 322 g/mol. The van der Waals surface area contributed by atoms with E-state index in [2.05, 4.69) is 13.0 Å². The fourth-order valence-electron chi connectivity index (χ4n) is 3.08. The van der Waals surface area contributed by atoms with Crippen molar-refractivity contribution in [3.8, 4) is 0 Å². The van der Waals surface area contributed by atoms with Gasteiger partial charge in [-0.15, -0.1) is 0 Å². The van der Waals surface area contributed by atoms with Gasteiger partial charge in [0.1, 0.15) is 6.29 Å². The van der Waals surface area contributed by atoms with Crippen LogP contribution in [0.4, 0.5) is 0 Å². The maximum Gasteiger partial charge on any atom is 0.123 e. The summed E-state index contributed by atoms with van der Waals surface area (Å²) in [6.45, 7) is 2.29. The third-order valence-electron chi connectivity index (χ3n) is 4.62. The summed E-state index contributed by atoms with van der Waals surface area (Å²) < 4.78 is 0. The van der Waals surface area contributed by atoms with E-state index in [4.69, 9.17) is 0 Å². The quantitative estimate of drug-likeness (QED) is 0.135. The maximum atomic E-state index is 10.1. The highest BCUT2D eigenvalue weighted by atomic mass is 16.1. The fraction of sp³-hybridized carbons (Fsp3) is 0.864. The Balaban J connectivity index is 2.98. The van der Waals surface area contributed by atoms with Crippen LogP contribution in [-0.4, -0.2) is 6.29 Å². The molecule has 0 amide bonds. The van der Waals surface area contributed by atoms with E-state index in [9.17, 15) is 4.79 Å². The Bertz CT molecular complexity index is 244. The second-order valence-electron chi connectivity index (χ2n) is 6.97. The van der Waals surface area contributed by atoms with E-state index in [1.165, 1.54) is 103 Å². The molecule has 0 saturated heterocycles. The minimum Gasteiger partial charge on any atom is -0.303 e. The third kappa shape index (κ3) is 21.4. The summed E-state index contributed by atoms with van der Waals surface area (Å²) in [7, 11) is 0. The lowest BCUT2D eigenvalue weighted by Crippen LogP contribution is -1.83. The topological polar surface area (TPSA) is 17.1 Å². The number of carbonyl (C=O) groups excluding carboxylic acids is 1. The lowest BCUT2D eigenvalue weighted by molar-refractivity contribution is -0.107. The molecule has 1 nitrogen and oxygen atoms in total. The van der Waals surface area contributed by atoms with Crippen LogP contribution >= 0.6 is 0 Å². The Morgan fingerprint density at radius 3 is 1.30 bits per heavy atom. The zero-order chi connectivity index (χ0) is 16.8. The Morgan fingerprint density at radius 1 is 0.522 bits per heavy atom. The first-order valence-electron chi connectivity index (χ1n) is 10.5. The Kier molecular flexibility index (Phi) is 20.9. The van der Waals surface area contributed by atoms with Crippen molar-refractivity contribution >= 4 is 6.29 Å². The molecule has 0 rings (SSSR count). The summed E-state index contributed by atoms with van der Waals surface area (Å²) in [5.41, 5.74) is 0. The van der Waals surface area contributed by atoms with Crippen LogP contribution in [0, 0.1) is 0 Å². The van der Waals surface area contributed by atoms with Crippen LogP contribution in [0.1, 0.15) is 122 Å². The molecule has 0 aromatic heterocycles. The first kappa shape index (κ1) is 22.4. The molecule has 0 fully saturated rings. The van der Waals surface area contributed by atoms with Gasteiger partial charge in [-0.1, -0.05) is 115 Å². The van der Waals surface area contributed by atoms with E-state index in [1.807, 2.05) is 6.08 Å². The van der Waals surface area contributed by atoms with Gasteiger partial charge in [0.2, 0.25) is 0 Å². The van der Waals surface area contributed by atoms with E-state index in [1.54, 1.807) is 0 Å². The van der Waals surface area contributed by atoms with Gasteiger partial charge in [-0.25, -0.2) is 0 Å². The van der Waals surface area contributed by atoms with Crippen molar-refractivity contribution in [1.29, 1.82) is 0 Å². The molecule has 0 spiro atoms. The fourth-order valence-corrected chi connectivity index (χ4v) is 3.08. The first-order valence-corrected chi connectivity index (χ1v) is 10.5. The zero-order valence-corrected chi connectivity index (χ0v) is 15.9. The molecule has 0 aliphatic carbocycles. The minimum absolute atomic E-state index is 0.582. The summed E-state index contributed by atoms with van der Waals surface area (Å²) in [6.07, 6.45) is 29.6. The molecule has 0 radical (unpaired) electrons. The lowest BCUT2D eigenvalue weighted by atomic mass is 10.0. The summed E-state index contributed by atoms with van der Waals surface area (Å²) in [6, 6.07) is 0. The van der Waals surface area contributed by atoms with Crippen molar-refractivity contribution < 1.29 is 4.79 Å². The van der Waals surface area contributed by atoms with Crippen LogP contribution in [0.3, 0.4) is 0 Å². The summed E-state index contributed by atoms with van der Waals surface area (Å²) in [5, 5.41) is 0. The molecule has 0 N–H and O–H groups in total. The average Bonchev–Trinajstić information content (AvgIpc) is 2.57. The van der Waals surface area contributed by atoms with Gasteiger partial charge in [-0.2, -0.15) is 0 Å². The molecule has 23 heavy (non-hydrogen) atoms. The number of hydrogen-bond donors (Lipinski definition) is 0. The minimum atomic E-state index is 0.582. The molecule has 0 heterocycles. The van der Waals surface area contributed by atoms with Gasteiger partial charge >= 0.3 is 0 Å². The van der Waals surface area contributed by atoms with Crippen LogP contribution in [0.25, 0.3) is 0 Å². The Hall–Kier alpha value is -0.590. The van der Waals surface area contributed by atoms with Crippen LogP contribution in [-0.2, 0) is 4.79 Å². The van der Waals surface area contributed by atoms with Crippen molar-refractivity contribution in [2.75, 3.05) is 0 Å². The molecule has 0 atom stereocenters. The number of aldehydes is 1. The largest absolute Gasteiger partial charge is 0.303 e. The smallest absolute Gasteiger partial charge is 0.123 e. The highest BCUT2D eigenvalue weighted by molar-refractivity contribution is 5.51. The molecule has 0 aliphatic heterocycles. The lowest BCUT2D eigenvalue weighted by Gasteiger charge is -2.03. The van der Waals surface area contributed by atoms with Gasteiger partial charge in [0.05, 0.1) is 0 Å². The molecule has 1 heteroatoms. The van der Waals surface area contributed by atoms with Crippen LogP contribution in [0.2, 0.25) is 0 Å². The maximum absolute atomic E-state index is 10.1. The summed E-state index contributed by atoms with van der Waals surface area (Å²) >= 11 is 0. The SMILES string of the molecule is CCCCCCCCCCCCCCCCCC/C=C/CC=O. The van der Waals surface area contributed by atoms with Crippen molar-refractivity contribution in [3.63, 3.8) is 0 Å².